The Morgan fingerprint density at radius 1 is 1.56 bits per heavy atom. The molecule has 1 unspecified atom stereocenters. The molecule has 16 heavy (non-hydrogen) atoms. The van der Waals surface area contributed by atoms with Gasteiger partial charge in [-0.3, -0.25) is 4.79 Å². The summed E-state index contributed by atoms with van der Waals surface area (Å²) in [5.74, 6) is -1.19. The van der Waals surface area contributed by atoms with Gasteiger partial charge in [0.2, 0.25) is 5.91 Å². The maximum absolute atomic E-state index is 11.9. The van der Waals surface area contributed by atoms with Gasteiger partial charge in [0, 0.05) is 19.5 Å². The molecule has 0 saturated heterocycles. The van der Waals surface area contributed by atoms with E-state index in [0.29, 0.717) is 0 Å². The summed E-state index contributed by atoms with van der Waals surface area (Å²) in [4.78, 5) is 12.1. The van der Waals surface area contributed by atoms with Crippen LogP contribution in [0.3, 0.4) is 0 Å². The Morgan fingerprint density at radius 2 is 2.06 bits per heavy atom. The largest absolute Gasteiger partial charge is 0.409 e. The quantitative estimate of drug-likeness (QED) is 0.332. The predicted octanol–water partition coefficient (Wildman–Crippen LogP) is 0.922. The van der Waals surface area contributed by atoms with Crippen LogP contribution in [0.15, 0.2) is 5.16 Å². The molecule has 0 rings (SSSR count). The molecule has 0 spiro atoms. The maximum Gasteiger partial charge on any atom is 0.397 e. The summed E-state index contributed by atoms with van der Waals surface area (Å²) in [5, 5.41) is 10.9. The summed E-state index contributed by atoms with van der Waals surface area (Å²) in [5.41, 5.74) is 5.18. The summed E-state index contributed by atoms with van der Waals surface area (Å²) >= 11 is 0. The second kappa shape index (κ2) is 5.57. The van der Waals surface area contributed by atoms with Crippen molar-refractivity contribution in [2.75, 3.05) is 7.05 Å². The van der Waals surface area contributed by atoms with Crippen LogP contribution in [0.2, 0.25) is 0 Å². The molecule has 0 fully saturated rings. The van der Waals surface area contributed by atoms with E-state index in [1.807, 2.05) is 0 Å². The van der Waals surface area contributed by atoms with E-state index in [1.165, 1.54) is 14.0 Å². The minimum Gasteiger partial charge on any atom is -0.409 e. The Kier molecular flexibility index (Phi) is 5.06. The average Bonchev–Trinajstić information content (AvgIpc) is 2.13. The van der Waals surface area contributed by atoms with E-state index in [0.717, 1.165) is 4.90 Å². The van der Waals surface area contributed by atoms with Gasteiger partial charge in [-0.2, -0.15) is 13.2 Å². The molecular weight excluding hydrogens is 227 g/mol. The lowest BCUT2D eigenvalue weighted by atomic mass is 10.2. The Hall–Kier alpha value is -1.47. The van der Waals surface area contributed by atoms with Crippen LogP contribution in [0.25, 0.3) is 0 Å². The number of amidine groups is 1. The standard InChI is InChI=1S/C8H14F3N3O2/c1-5(3-6(12)13-16)14(2)7(15)4-8(9,10)11/h5,16H,3-4H2,1-2H3,(H2,12,13). The van der Waals surface area contributed by atoms with E-state index in [2.05, 4.69) is 5.16 Å². The van der Waals surface area contributed by atoms with E-state index in [9.17, 15) is 18.0 Å². The zero-order valence-electron chi connectivity index (χ0n) is 8.95. The molecule has 0 aromatic carbocycles. The van der Waals surface area contributed by atoms with Crippen LogP contribution < -0.4 is 5.73 Å². The van der Waals surface area contributed by atoms with Crippen molar-refractivity contribution in [1.29, 1.82) is 0 Å². The second-order valence-corrected chi connectivity index (χ2v) is 3.44. The smallest absolute Gasteiger partial charge is 0.397 e. The zero-order valence-corrected chi connectivity index (χ0v) is 8.95. The summed E-state index contributed by atoms with van der Waals surface area (Å²) < 4.78 is 35.8. The van der Waals surface area contributed by atoms with Crippen molar-refractivity contribution in [2.45, 2.75) is 32.0 Å². The van der Waals surface area contributed by atoms with Gasteiger partial charge in [-0.05, 0) is 6.92 Å². The van der Waals surface area contributed by atoms with Gasteiger partial charge in [0.1, 0.15) is 12.3 Å². The van der Waals surface area contributed by atoms with Crippen LogP contribution in [-0.4, -0.2) is 41.1 Å². The molecule has 0 aliphatic carbocycles. The van der Waals surface area contributed by atoms with Gasteiger partial charge in [-0.1, -0.05) is 5.16 Å². The third-order valence-corrected chi connectivity index (χ3v) is 2.04. The molecule has 3 N–H and O–H groups in total. The Balaban J connectivity index is 4.33. The van der Waals surface area contributed by atoms with Crippen LogP contribution in [0.1, 0.15) is 19.8 Å². The highest BCUT2D eigenvalue weighted by Gasteiger charge is 2.33. The highest BCUT2D eigenvalue weighted by Crippen LogP contribution is 2.21. The topological polar surface area (TPSA) is 78.9 Å². The van der Waals surface area contributed by atoms with Crippen LogP contribution >= 0.6 is 0 Å². The summed E-state index contributed by atoms with van der Waals surface area (Å²) in [6.45, 7) is 1.51. The van der Waals surface area contributed by atoms with Crippen LogP contribution in [0.4, 0.5) is 13.2 Å². The molecule has 94 valence electrons. The lowest BCUT2D eigenvalue weighted by Crippen LogP contribution is -2.39. The maximum atomic E-state index is 11.9. The van der Waals surface area contributed by atoms with E-state index in [-0.39, 0.29) is 12.3 Å². The van der Waals surface area contributed by atoms with Crippen molar-refractivity contribution in [3.05, 3.63) is 0 Å². The van der Waals surface area contributed by atoms with E-state index in [1.54, 1.807) is 0 Å². The fourth-order valence-electron chi connectivity index (χ4n) is 1.02. The normalized spacial score (nSPS) is 14.7. The van der Waals surface area contributed by atoms with Crippen LogP contribution in [0.5, 0.6) is 0 Å². The number of hydrogen-bond donors (Lipinski definition) is 2. The summed E-state index contributed by atoms with van der Waals surface area (Å²) in [6, 6.07) is -0.564. The number of halogens is 3. The fraction of sp³-hybridized carbons (Fsp3) is 0.750. The number of rotatable bonds is 4. The summed E-state index contributed by atoms with van der Waals surface area (Å²) in [6.07, 6.45) is -6.03. The number of oxime groups is 1. The van der Waals surface area contributed by atoms with Crippen LogP contribution in [-0.2, 0) is 4.79 Å². The number of nitrogens with zero attached hydrogens (tertiary/aromatic N) is 2. The van der Waals surface area contributed by atoms with Gasteiger partial charge in [-0.25, -0.2) is 0 Å². The van der Waals surface area contributed by atoms with Crippen molar-refractivity contribution in [3.63, 3.8) is 0 Å². The van der Waals surface area contributed by atoms with Crippen molar-refractivity contribution in [3.8, 4) is 0 Å². The molecular formula is C8H14F3N3O2. The number of alkyl halides is 3. The van der Waals surface area contributed by atoms with Gasteiger partial charge in [0.15, 0.2) is 0 Å². The molecule has 0 radical (unpaired) electrons. The molecule has 1 amide bonds. The molecule has 0 aromatic heterocycles. The second-order valence-electron chi connectivity index (χ2n) is 3.44. The first kappa shape index (κ1) is 14.5. The molecule has 0 aromatic rings. The molecule has 1 atom stereocenters. The number of hydrogen-bond acceptors (Lipinski definition) is 3. The number of nitrogens with two attached hydrogens (primary N) is 1. The lowest BCUT2D eigenvalue weighted by molar-refractivity contribution is -0.161. The first-order valence-electron chi connectivity index (χ1n) is 4.46. The van der Waals surface area contributed by atoms with E-state index in [4.69, 9.17) is 10.9 Å². The molecule has 8 heteroatoms. The van der Waals surface area contributed by atoms with Crippen molar-refractivity contribution >= 4 is 11.7 Å². The molecule has 0 aliphatic heterocycles. The Labute approximate surface area is 90.7 Å². The minimum atomic E-state index is -4.53. The molecule has 0 aliphatic rings. The minimum absolute atomic E-state index is 0.0105. The molecule has 0 bridgehead atoms. The van der Waals surface area contributed by atoms with Gasteiger partial charge in [0.05, 0.1) is 0 Å². The first-order chi connectivity index (χ1) is 7.17. The van der Waals surface area contributed by atoms with Gasteiger partial charge < -0.3 is 15.8 Å². The Morgan fingerprint density at radius 3 is 2.44 bits per heavy atom. The van der Waals surface area contributed by atoms with Gasteiger partial charge in [-0.15, -0.1) is 0 Å². The van der Waals surface area contributed by atoms with Crippen molar-refractivity contribution in [2.24, 2.45) is 10.9 Å². The monoisotopic (exact) mass is 241 g/mol. The molecule has 0 heterocycles. The van der Waals surface area contributed by atoms with Gasteiger partial charge in [0.25, 0.3) is 0 Å². The third-order valence-electron chi connectivity index (χ3n) is 2.04. The fourth-order valence-corrected chi connectivity index (χ4v) is 1.02. The number of amides is 1. The van der Waals surface area contributed by atoms with E-state index >= 15 is 0 Å². The highest BCUT2D eigenvalue weighted by molar-refractivity contribution is 5.82. The van der Waals surface area contributed by atoms with Gasteiger partial charge >= 0.3 is 6.18 Å². The molecule has 0 saturated carbocycles. The van der Waals surface area contributed by atoms with E-state index < -0.39 is 24.5 Å². The summed E-state index contributed by atoms with van der Waals surface area (Å²) in [7, 11) is 1.24. The molecule has 5 nitrogen and oxygen atoms in total. The van der Waals surface area contributed by atoms with Crippen LogP contribution in [0, 0.1) is 0 Å². The zero-order chi connectivity index (χ0) is 12.9. The SMILES string of the molecule is CC(CC(N)=NO)N(C)C(=O)CC(F)(F)F. The Bertz CT molecular complexity index is 278. The van der Waals surface area contributed by atoms with Crippen molar-refractivity contribution in [1.82, 2.24) is 4.90 Å². The van der Waals surface area contributed by atoms with Crippen molar-refractivity contribution < 1.29 is 23.2 Å². The predicted molar refractivity (Wildman–Crippen MR) is 50.9 cm³/mol. The average molecular weight is 241 g/mol. The first-order valence-corrected chi connectivity index (χ1v) is 4.46. The number of carbonyl (C=O) groups is 1. The number of carbonyl (C=O) groups excluding carboxylic acids is 1. The third kappa shape index (κ3) is 5.42. The highest BCUT2D eigenvalue weighted by atomic mass is 19.4. The lowest BCUT2D eigenvalue weighted by Gasteiger charge is -2.24.